The van der Waals surface area contributed by atoms with Crippen molar-refractivity contribution in [3.8, 4) is 5.75 Å². The second kappa shape index (κ2) is 8.04. The minimum absolute atomic E-state index is 0.293. The molecule has 0 saturated heterocycles. The van der Waals surface area contributed by atoms with Gasteiger partial charge in [0, 0.05) is 5.69 Å². The first kappa shape index (κ1) is 18.1. The number of carbonyl (C=O) groups excluding carboxylic acids is 2. The molecule has 0 fully saturated rings. The Balaban J connectivity index is 1.97. The van der Waals surface area contributed by atoms with Crippen molar-refractivity contribution in [2.24, 2.45) is 0 Å². The van der Waals surface area contributed by atoms with Gasteiger partial charge >= 0.3 is 11.8 Å². The zero-order valence-electron chi connectivity index (χ0n) is 13.1. The number of hydrogen-bond acceptors (Lipinski definition) is 3. The second-order valence-corrected chi connectivity index (χ2v) is 5.87. The molecule has 0 unspecified atom stereocenters. The topological polar surface area (TPSA) is 67.4 Å². The maximum Gasteiger partial charge on any atom is 0.313 e. The number of methoxy groups -OCH3 is 1. The van der Waals surface area contributed by atoms with Gasteiger partial charge in [0.25, 0.3) is 0 Å². The van der Waals surface area contributed by atoms with Crippen LogP contribution in [0.25, 0.3) is 0 Å². The minimum atomic E-state index is -0.784. The largest absolute Gasteiger partial charge is 0.497 e. The fraction of sp³-hybridized carbons (Fsp3) is 0.176. The van der Waals surface area contributed by atoms with Gasteiger partial charge in [-0.15, -0.1) is 0 Å². The van der Waals surface area contributed by atoms with Crippen LogP contribution in [0.1, 0.15) is 18.5 Å². The van der Waals surface area contributed by atoms with Crippen molar-refractivity contribution in [1.82, 2.24) is 5.32 Å². The number of amides is 2. The third-order valence-corrected chi connectivity index (χ3v) is 4.09. The first-order valence-electron chi connectivity index (χ1n) is 7.11. The van der Waals surface area contributed by atoms with Crippen molar-refractivity contribution in [3.05, 3.63) is 58.1 Å². The zero-order valence-corrected chi connectivity index (χ0v) is 14.6. The Labute approximate surface area is 149 Å². The molecule has 1 atom stereocenters. The monoisotopic (exact) mass is 366 g/mol. The number of benzene rings is 2. The molecule has 0 heterocycles. The fourth-order valence-electron chi connectivity index (χ4n) is 2.00. The van der Waals surface area contributed by atoms with Gasteiger partial charge in [-0.25, -0.2) is 0 Å². The highest BCUT2D eigenvalue weighted by atomic mass is 35.5. The normalized spacial score (nSPS) is 11.5. The van der Waals surface area contributed by atoms with Crippen LogP contribution in [0, 0.1) is 0 Å². The van der Waals surface area contributed by atoms with Gasteiger partial charge in [0.15, 0.2) is 0 Å². The Kier molecular flexibility index (Phi) is 6.06. The van der Waals surface area contributed by atoms with Gasteiger partial charge in [-0.05, 0) is 42.8 Å². The lowest BCUT2D eigenvalue weighted by Gasteiger charge is -2.14. The van der Waals surface area contributed by atoms with E-state index in [1.165, 1.54) is 12.1 Å². The molecule has 0 saturated carbocycles. The smallest absolute Gasteiger partial charge is 0.313 e. The fourth-order valence-corrected chi connectivity index (χ4v) is 2.30. The van der Waals surface area contributed by atoms with Crippen molar-refractivity contribution < 1.29 is 14.3 Å². The highest BCUT2D eigenvalue weighted by Crippen LogP contribution is 2.25. The molecule has 2 aromatic carbocycles. The Bertz CT molecular complexity index is 748. The Morgan fingerprint density at radius 2 is 1.67 bits per heavy atom. The molecular weight excluding hydrogens is 351 g/mol. The van der Waals surface area contributed by atoms with Crippen molar-refractivity contribution in [1.29, 1.82) is 0 Å². The van der Waals surface area contributed by atoms with Gasteiger partial charge in [0.1, 0.15) is 5.75 Å². The Morgan fingerprint density at radius 1 is 1.00 bits per heavy atom. The third kappa shape index (κ3) is 4.63. The Morgan fingerprint density at radius 3 is 2.25 bits per heavy atom. The summed E-state index contributed by atoms with van der Waals surface area (Å²) in [5, 5.41) is 5.76. The van der Waals surface area contributed by atoms with Gasteiger partial charge < -0.3 is 15.4 Å². The van der Waals surface area contributed by atoms with E-state index >= 15 is 0 Å². The predicted molar refractivity (Wildman–Crippen MR) is 94.6 cm³/mol. The SMILES string of the molecule is COc1ccc([C@H](C)NC(=O)C(=O)Nc2ccc(Cl)c(Cl)c2)cc1. The van der Waals surface area contributed by atoms with Gasteiger partial charge in [-0.1, -0.05) is 35.3 Å². The number of carbonyl (C=O) groups is 2. The molecule has 2 N–H and O–H groups in total. The second-order valence-electron chi connectivity index (χ2n) is 5.05. The quantitative estimate of drug-likeness (QED) is 0.808. The number of hydrogen-bond donors (Lipinski definition) is 2. The van der Waals surface area contributed by atoms with Gasteiger partial charge in [-0.2, -0.15) is 0 Å². The molecule has 0 aromatic heterocycles. The predicted octanol–water partition coefficient (Wildman–Crippen LogP) is 3.82. The molecular formula is C17H16Cl2N2O3. The molecule has 0 radical (unpaired) electrons. The molecule has 0 aliphatic heterocycles. The van der Waals surface area contributed by atoms with E-state index in [-0.39, 0.29) is 6.04 Å². The molecule has 2 amide bonds. The van der Waals surface area contributed by atoms with Crippen LogP contribution in [0.5, 0.6) is 5.75 Å². The van der Waals surface area contributed by atoms with E-state index in [0.29, 0.717) is 15.7 Å². The minimum Gasteiger partial charge on any atom is -0.497 e. The lowest BCUT2D eigenvalue weighted by Crippen LogP contribution is -2.36. The molecule has 5 nitrogen and oxygen atoms in total. The van der Waals surface area contributed by atoms with Crippen LogP contribution < -0.4 is 15.4 Å². The number of rotatable bonds is 4. The summed E-state index contributed by atoms with van der Waals surface area (Å²) in [6.07, 6.45) is 0. The maximum absolute atomic E-state index is 12.0. The van der Waals surface area contributed by atoms with Crippen molar-refractivity contribution in [3.63, 3.8) is 0 Å². The molecule has 0 aliphatic rings. The summed E-state index contributed by atoms with van der Waals surface area (Å²) in [6.45, 7) is 1.78. The molecule has 7 heteroatoms. The maximum atomic E-state index is 12.0. The number of anilines is 1. The van der Waals surface area contributed by atoms with E-state index in [4.69, 9.17) is 27.9 Å². The molecule has 24 heavy (non-hydrogen) atoms. The van der Waals surface area contributed by atoms with Crippen LogP contribution in [0.15, 0.2) is 42.5 Å². The van der Waals surface area contributed by atoms with Crippen LogP contribution in [0.3, 0.4) is 0 Å². The van der Waals surface area contributed by atoms with Crippen molar-refractivity contribution >= 4 is 40.7 Å². The Hall–Kier alpha value is -2.24. The van der Waals surface area contributed by atoms with Crippen LogP contribution in [0.2, 0.25) is 10.0 Å². The highest BCUT2D eigenvalue weighted by molar-refractivity contribution is 6.43. The van der Waals surface area contributed by atoms with Gasteiger partial charge in [0.2, 0.25) is 0 Å². The van der Waals surface area contributed by atoms with E-state index < -0.39 is 11.8 Å². The molecule has 0 bridgehead atoms. The van der Waals surface area contributed by atoms with E-state index in [9.17, 15) is 9.59 Å². The summed E-state index contributed by atoms with van der Waals surface area (Å²) < 4.78 is 5.08. The number of nitrogens with one attached hydrogen (secondary N) is 2. The van der Waals surface area contributed by atoms with E-state index in [1.807, 2.05) is 12.1 Å². The molecule has 0 aliphatic carbocycles. The van der Waals surface area contributed by atoms with Crippen molar-refractivity contribution in [2.75, 3.05) is 12.4 Å². The van der Waals surface area contributed by atoms with E-state index in [1.54, 1.807) is 32.2 Å². The summed E-state index contributed by atoms with van der Waals surface area (Å²) in [7, 11) is 1.58. The van der Waals surface area contributed by atoms with Crippen LogP contribution in [0.4, 0.5) is 5.69 Å². The molecule has 126 valence electrons. The highest BCUT2D eigenvalue weighted by Gasteiger charge is 2.17. The lowest BCUT2D eigenvalue weighted by molar-refractivity contribution is -0.136. The summed E-state index contributed by atoms with van der Waals surface area (Å²) in [5.41, 5.74) is 1.24. The number of halogens is 2. The van der Waals surface area contributed by atoms with Crippen LogP contribution in [-0.2, 0) is 9.59 Å². The molecule has 0 spiro atoms. The van der Waals surface area contributed by atoms with Gasteiger partial charge in [0.05, 0.1) is 23.2 Å². The first-order chi connectivity index (χ1) is 11.4. The van der Waals surface area contributed by atoms with Gasteiger partial charge in [-0.3, -0.25) is 9.59 Å². The average molecular weight is 367 g/mol. The van der Waals surface area contributed by atoms with E-state index in [0.717, 1.165) is 11.3 Å². The third-order valence-electron chi connectivity index (χ3n) is 3.35. The van der Waals surface area contributed by atoms with Crippen LogP contribution in [-0.4, -0.2) is 18.9 Å². The zero-order chi connectivity index (χ0) is 17.7. The summed E-state index contributed by atoms with van der Waals surface area (Å²) in [6, 6.07) is 11.5. The summed E-state index contributed by atoms with van der Waals surface area (Å²) >= 11 is 11.7. The first-order valence-corrected chi connectivity index (χ1v) is 7.87. The summed E-state index contributed by atoms with van der Waals surface area (Å²) in [5.74, 6) is -0.812. The van der Waals surface area contributed by atoms with Crippen LogP contribution >= 0.6 is 23.2 Å². The van der Waals surface area contributed by atoms with Crippen molar-refractivity contribution in [2.45, 2.75) is 13.0 Å². The average Bonchev–Trinajstić information content (AvgIpc) is 2.58. The lowest BCUT2D eigenvalue weighted by atomic mass is 10.1. The number of ether oxygens (including phenoxy) is 1. The molecule has 2 aromatic rings. The molecule has 2 rings (SSSR count). The summed E-state index contributed by atoms with van der Waals surface area (Å²) in [4.78, 5) is 24.0. The van der Waals surface area contributed by atoms with E-state index in [2.05, 4.69) is 10.6 Å². The standard InChI is InChI=1S/C17H16Cl2N2O3/c1-10(11-3-6-13(24-2)7-4-11)20-16(22)17(23)21-12-5-8-14(18)15(19)9-12/h3-10H,1-2H3,(H,20,22)(H,21,23)/t10-/m0/s1.